The van der Waals surface area contributed by atoms with E-state index in [4.69, 9.17) is 4.74 Å². The lowest BCUT2D eigenvalue weighted by atomic mass is 9.97. The Bertz CT molecular complexity index is 333. The third-order valence-electron chi connectivity index (χ3n) is 3.47. The molecule has 1 aromatic heterocycles. The Hall–Kier alpha value is -0.940. The zero-order chi connectivity index (χ0) is 12.1. The van der Waals surface area contributed by atoms with Crippen molar-refractivity contribution in [2.45, 2.75) is 38.8 Å². The molecule has 1 aliphatic heterocycles. The summed E-state index contributed by atoms with van der Waals surface area (Å²) in [6, 6.07) is 0.469. The molecule has 1 saturated heterocycles. The fourth-order valence-corrected chi connectivity index (χ4v) is 2.41. The zero-order valence-corrected chi connectivity index (χ0v) is 10.7. The van der Waals surface area contributed by atoms with Gasteiger partial charge in [-0.1, -0.05) is 0 Å². The van der Waals surface area contributed by atoms with Gasteiger partial charge in [0.15, 0.2) is 0 Å². The fourth-order valence-electron chi connectivity index (χ4n) is 2.41. The summed E-state index contributed by atoms with van der Waals surface area (Å²) >= 11 is 0. The molecule has 17 heavy (non-hydrogen) atoms. The summed E-state index contributed by atoms with van der Waals surface area (Å²) in [5, 5.41) is 7.59. The molecule has 2 atom stereocenters. The smallest absolute Gasteiger partial charge is 0.138 e. The van der Waals surface area contributed by atoms with E-state index in [1.807, 2.05) is 11.7 Å². The van der Waals surface area contributed by atoms with Gasteiger partial charge in [-0.15, -0.1) is 0 Å². The van der Waals surface area contributed by atoms with Crippen LogP contribution in [0, 0.1) is 5.92 Å². The number of likely N-dealkylation sites (N-methyl/N-ethyl adjacent to an activating group) is 1. The predicted molar refractivity (Wildman–Crippen MR) is 65.8 cm³/mol. The Morgan fingerprint density at radius 1 is 1.65 bits per heavy atom. The molecule has 2 rings (SSSR count). The lowest BCUT2D eigenvalue weighted by molar-refractivity contribution is 0.181. The first-order chi connectivity index (χ1) is 8.33. The summed E-state index contributed by atoms with van der Waals surface area (Å²) in [5.74, 6) is 1.77. The van der Waals surface area contributed by atoms with Gasteiger partial charge in [0.2, 0.25) is 0 Å². The van der Waals surface area contributed by atoms with Gasteiger partial charge in [0, 0.05) is 32.2 Å². The van der Waals surface area contributed by atoms with Gasteiger partial charge in [-0.2, -0.15) is 5.10 Å². The Balaban J connectivity index is 1.90. The van der Waals surface area contributed by atoms with Gasteiger partial charge >= 0.3 is 0 Å². The van der Waals surface area contributed by atoms with Crippen LogP contribution in [0.1, 0.15) is 25.6 Å². The fraction of sp³-hybridized carbons (Fsp3) is 0.833. The molecule has 0 bridgehead atoms. The third-order valence-corrected chi connectivity index (χ3v) is 3.47. The lowest BCUT2D eigenvalue weighted by Gasteiger charge is -2.19. The topological polar surface area (TPSA) is 52.0 Å². The van der Waals surface area contributed by atoms with E-state index >= 15 is 0 Å². The predicted octanol–water partition coefficient (Wildman–Crippen LogP) is 0.855. The number of aromatic nitrogens is 3. The van der Waals surface area contributed by atoms with Crippen molar-refractivity contribution in [3.63, 3.8) is 0 Å². The van der Waals surface area contributed by atoms with Crippen molar-refractivity contribution in [1.29, 1.82) is 0 Å². The zero-order valence-electron chi connectivity index (χ0n) is 10.7. The van der Waals surface area contributed by atoms with Crippen molar-refractivity contribution >= 4 is 0 Å². The number of ether oxygens (including phenoxy) is 1. The van der Waals surface area contributed by atoms with Crippen LogP contribution in [0.4, 0.5) is 0 Å². The van der Waals surface area contributed by atoms with E-state index in [2.05, 4.69) is 22.3 Å². The average molecular weight is 238 g/mol. The van der Waals surface area contributed by atoms with E-state index in [1.54, 1.807) is 6.33 Å². The highest BCUT2D eigenvalue weighted by Crippen LogP contribution is 2.19. The van der Waals surface area contributed by atoms with Crippen LogP contribution in [0.5, 0.6) is 0 Å². The van der Waals surface area contributed by atoms with Crippen LogP contribution in [0.2, 0.25) is 0 Å². The van der Waals surface area contributed by atoms with Crippen LogP contribution in [-0.2, 0) is 17.7 Å². The molecular weight excluding hydrogens is 216 g/mol. The van der Waals surface area contributed by atoms with Crippen molar-refractivity contribution < 1.29 is 4.74 Å². The maximum Gasteiger partial charge on any atom is 0.138 e. The SMILES string of the molecule is CCn1ncnc1CC(CC1CCOC1)NC. The van der Waals surface area contributed by atoms with E-state index in [1.165, 1.54) is 6.42 Å². The van der Waals surface area contributed by atoms with Crippen molar-refractivity contribution in [2.75, 3.05) is 20.3 Å². The first kappa shape index (κ1) is 12.5. The molecule has 2 heterocycles. The Kier molecular flexibility index (Phi) is 4.50. The second-order valence-electron chi connectivity index (χ2n) is 4.65. The summed E-state index contributed by atoms with van der Waals surface area (Å²) in [5.41, 5.74) is 0. The first-order valence-corrected chi connectivity index (χ1v) is 6.45. The van der Waals surface area contributed by atoms with Crippen LogP contribution in [0.25, 0.3) is 0 Å². The number of hydrogen-bond donors (Lipinski definition) is 1. The number of rotatable bonds is 6. The molecular formula is C12H22N4O. The normalized spacial score (nSPS) is 21.9. The monoisotopic (exact) mass is 238 g/mol. The second kappa shape index (κ2) is 6.12. The average Bonchev–Trinajstić information content (AvgIpc) is 2.99. The number of aryl methyl sites for hydroxylation is 1. The number of nitrogens with zero attached hydrogens (tertiary/aromatic N) is 3. The molecule has 5 heteroatoms. The quantitative estimate of drug-likeness (QED) is 0.798. The Labute approximate surface area is 103 Å². The van der Waals surface area contributed by atoms with E-state index in [0.29, 0.717) is 12.0 Å². The van der Waals surface area contributed by atoms with Crippen LogP contribution >= 0.6 is 0 Å². The van der Waals surface area contributed by atoms with Gasteiger partial charge in [-0.25, -0.2) is 4.98 Å². The maximum atomic E-state index is 5.42. The summed E-state index contributed by atoms with van der Waals surface area (Å²) in [7, 11) is 2.02. The Morgan fingerprint density at radius 2 is 2.53 bits per heavy atom. The van der Waals surface area contributed by atoms with Crippen molar-refractivity contribution in [3.8, 4) is 0 Å². The lowest BCUT2D eigenvalue weighted by Crippen LogP contribution is -2.31. The van der Waals surface area contributed by atoms with Crippen LogP contribution in [0.15, 0.2) is 6.33 Å². The molecule has 2 unspecified atom stereocenters. The van der Waals surface area contributed by atoms with Crippen LogP contribution in [0.3, 0.4) is 0 Å². The molecule has 0 amide bonds. The Morgan fingerprint density at radius 3 is 3.18 bits per heavy atom. The molecule has 5 nitrogen and oxygen atoms in total. The van der Waals surface area contributed by atoms with Crippen molar-refractivity contribution in [2.24, 2.45) is 5.92 Å². The highest BCUT2D eigenvalue weighted by Gasteiger charge is 2.21. The van der Waals surface area contributed by atoms with Gasteiger partial charge in [0.1, 0.15) is 12.2 Å². The summed E-state index contributed by atoms with van der Waals surface area (Å²) in [6.07, 6.45) is 4.94. The molecule has 96 valence electrons. The van der Waals surface area contributed by atoms with Gasteiger partial charge < -0.3 is 10.1 Å². The minimum absolute atomic E-state index is 0.469. The third kappa shape index (κ3) is 3.26. The largest absolute Gasteiger partial charge is 0.381 e. The van der Waals surface area contributed by atoms with E-state index < -0.39 is 0 Å². The molecule has 1 aliphatic rings. The van der Waals surface area contributed by atoms with E-state index in [0.717, 1.165) is 38.4 Å². The molecule has 1 N–H and O–H groups in total. The van der Waals surface area contributed by atoms with E-state index in [9.17, 15) is 0 Å². The van der Waals surface area contributed by atoms with Gasteiger partial charge in [0.05, 0.1) is 0 Å². The van der Waals surface area contributed by atoms with Crippen LogP contribution < -0.4 is 5.32 Å². The maximum absolute atomic E-state index is 5.42. The molecule has 1 aromatic rings. The highest BCUT2D eigenvalue weighted by molar-refractivity contribution is 4.90. The number of hydrogen-bond acceptors (Lipinski definition) is 4. The van der Waals surface area contributed by atoms with Gasteiger partial charge in [0.25, 0.3) is 0 Å². The highest BCUT2D eigenvalue weighted by atomic mass is 16.5. The molecule has 0 spiro atoms. The second-order valence-corrected chi connectivity index (χ2v) is 4.65. The molecule has 0 radical (unpaired) electrons. The first-order valence-electron chi connectivity index (χ1n) is 6.45. The van der Waals surface area contributed by atoms with Gasteiger partial charge in [-0.05, 0) is 32.7 Å². The molecule has 0 aliphatic carbocycles. The minimum atomic E-state index is 0.469. The van der Waals surface area contributed by atoms with Gasteiger partial charge in [-0.3, -0.25) is 4.68 Å². The summed E-state index contributed by atoms with van der Waals surface area (Å²) in [4.78, 5) is 4.33. The summed E-state index contributed by atoms with van der Waals surface area (Å²) < 4.78 is 7.39. The molecule has 1 fully saturated rings. The van der Waals surface area contributed by atoms with E-state index in [-0.39, 0.29) is 0 Å². The summed E-state index contributed by atoms with van der Waals surface area (Å²) in [6.45, 7) is 4.82. The molecule has 0 aromatic carbocycles. The van der Waals surface area contributed by atoms with Crippen LogP contribution in [-0.4, -0.2) is 41.1 Å². The van der Waals surface area contributed by atoms with Crippen molar-refractivity contribution in [1.82, 2.24) is 20.1 Å². The molecule has 0 saturated carbocycles. The standard InChI is InChI=1S/C12H22N4O/c1-3-16-12(14-9-15-16)7-11(13-2)6-10-4-5-17-8-10/h9-11,13H,3-8H2,1-2H3. The minimum Gasteiger partial charge on any atom is -0.381 e. The van der Waals surface area contributed by atoms with Crippen molar-refractivity contribution in [3.05, 3.63) is 12.2 Å². The number of nitrogens with one attached hydrogen (secondary N) is 1.